The summed E-state index contributed by atoms with van der Waals surface area (Å²) >= 11 is 0. The summed E-state index contributed by atoms with van der Waals surface area (Å²) in [5, 5.41) is 10.1. The summed E-state index contributed by atoms with van der Waals surface area (Å²) in [7, 11) is -5.68. The molecule has 0 aliphatic rings. The molecule has 0 fully saturated rings. The van der Waals surface area contributed by atoms with E-state index in [1.807, 2.05) is 0 Å². The van der Waals surface area contributed by atoms with Gasteiger partial charge in [-0.1, -0.05) is 42.5 Å². The molecule has 0 saturated heterocycles. The lowest BCUT2D eigenvalue weighted by atomic mass is 9.99. The third-order valence-corrected chi connectivity index (χ3v) is 4.20. The first-order valence-corrected chi connectivity index (χ1v) is 8.07. The van der Waals surface area contributed by atoms with Gasteiger partial charge in [-0.05, 0) is 17.7 Å². The standard InChI is InChI=1S/C15H12F3NO4S/c16-15(17,18)24(22,23)19-12-9-5-4-8-11(12)14(21)13(20)10-6-2-1-3-7-10/h1-9,13,19-20H. The lowest BCUT2D eigenvalue weighted by molar-refractivity contribution is -0.0429. The average Bonchev–Trinajstić information content (AvgIpc) is 2.53. The molecule has 9 heteroatoms. The number of rotatable bonds is 5. The van der Waals surface area contributed by atoms with E-state index in [1.165, 1.54) is 29.0 Å². The Morgan fingerprint density at radius 1 is 1.00 bits per heavy atom. The van der Waals surface area contributed by atoms with Crippen LogP contribution in [0.2, 0.25) is 0 Å². The van der Waals surface area contributed by atoms with E-state index in [4.69, 9.17) is 0 Å². The number of carbonyl (C=O) groups excluding carboxylic acids is 1. The van der Waals surface area contributed by atoms with Gasteiger partial charge in [0, 0.05) is 5.56 Å². The Labute approximate surface area is 135 Å². The van der Waals surface area contributed by atoms with Crippen molar-refractivity contribution in [1.82, 2.24) is 0 Å². The van der Waals surface area contributed by atoms with Crippen LogP contribution >= 0.6 is 0 Å². The first kappa shape index (κ1) is 18.0. The highest BCUT2D eigenvalue weighted by Crippen LogP contribution is 2.29. The number of aliphatic hydroxyl groups is 1. The van der Waals surface area contributed by atoms with Crippen LogP contribution in [0.5, 0.6) is 0 Å². The third kappa shape index (κ3) is 3.74. The minimum Gasteiger partial charge on any atom is -0.380 e. The van der Waals surface area contributed by atoms with Crippen LogP contribution in [0.15, 0.2) is 54.6 Å². The monoisotopic (exact) mass is 359 g/mol. The average molecular weight is 359 g/mol. The van der Waals surface area contributed by atoms with Crippen LogP contribution in [0.1, 0.15) is 22.0 Å². The highest BCUT2D eigenvalue weighted by atomic mass is 32.2. The van der Waals surface area contributed by atoms with E-state index >= 15 is 0 Å². The van der Waals surface area contributed by atoms with Gasteiger partial charge in [0.25, 0.3) is 0 Å². The van der Waals surface area contributed by atoms with Gasteiger partial charge in [-0.25, -0.2) is 0 Å². The highest BCUT2D eigenvalue weighted by Gasteiger charge is 2.46. The molecule has 0 aliphatic heterocycles. The molecule has 0 aliphatic carbocycles. The smallest absolute Gasteiger partial charge is 0.380 e. The minimum atomic E-state index is -5.68. The van der Waals surface area contributed by atoms with E-state index in [9.17, 15) is 31.5 Å². The Bertz CT molecular complexity index is 835. The number of halogens is 3. The van der Waals surface area contributed by atoms with Crippen molar-refractivity contribution in [1.29, 1.82) is 0 Å². The molecule has 2 N–H and O–H groups in total. The van der Waals surface area contributed by atoms with E-state index in [2.05, 4.69) is 0 Å². The maximum Gasteiger partial charge on any atom is 0.516 e. The number of benzene rings is 2. The first-order valence-electron chi connectivity index (χ1n) is 6.59. The summed E-state index contributed by atoms with van der Waals surface area (Å²) in [6, 6.07) is 12.5. The second-order valence-corrected chi connectivity index (χ2v) is 6.45. The van der Waals surface area contributed by atoms with E-state index in [-0.39, 0.29) is 11.1 Å². The zero-order valence-corrected chi connectivity index (χ0v) is 12.8. The number of anilines is 1. The van der Waals surface area contributed by atoms with Gasteiger partial charge in [-0.3, -0.25) is 9.52 Å². The second-order valence-electron chi connectivity index (χ2n) is 4.77. The van der Waals surface area contributed by atoms with Crippen molar-refractivity contribution in [2.45, 2.75) is 11.6 Å². The molecule has 0 bridgehead atoms. The predicted octanol–water partition coefficient (Wildman–Crippen LogP) is 2.86. The predicted molar refractivity (Wildman–Crippen MR) is 80.8 cm³/mol. The summed E-state index contributed by atoms with van der Waals surface area (Å²) < 4.78 is 61.3. The molecule has 0 heterocycles. The SMILES string of the molecule is O=C(c1ccccc1NS(=O)(=O)C(F)(F)F)C(O)c1ccccc1. The Kier molecular flexibility index (Phi) is 4.95. The topological polar surface area (TPSA) is 83.5 Å². The number of nitrogens with one attached hydrogen (secondary N) is 1. The second kappa shape index (κ2) is 6.62. The van der Waals surface area contributed by atoms with Gasteiger partial charge in [-0.15, -0.1) is 0 Å². The van der Waals surface area contributed by atoms with Crippen LogP contribution in [-0.2, 0) is 10.0 Å². The van der Waals surface area contributed by atoms with Crippen molar-refractivity contribution in [2.75, 3.05) is 4.72 Å². The number of Topliss-reactive ketones (excluding diaryl/α,β-unsaturated/α-hetero) is 1. The number of ketones is 1. The fraction of sp³-hybridized carbons (Fsp3) is 0.133. The molecule has 2 aromatic carbocycles. The van der Waals surface area contributed by atoms with Crippen molar-refractivity contribution >= 4 is 21.5 Å². The van der Waals surface area contributed by atoms with Gasteiger partial charge in [-0.2, -0.15) is 21.6 Å². The molecule has 24 heavy (non-hydrogen) atoms. The Morgan fingerprint density at radius 2 is 1.54 bits per heavy atom. The van der Waals surface area contributed by atoms with Crippen molar-refractivity contribution in [3.8, 4) is 0 Å². The van der Waals surface area contributed by atoms with Crippen molar-refractivity contribution in [3.05, 3.63) is 65.7 Å². The molecule has 1 atom stereocenters. The molecular weight excluding hydrogens is 347 g/mol. The van der Waals surface area contributed by atoms with E-state index in [0.29, 0.717) is 0 Å². The number of carbonyl (C=O) groups is 1. The van der Waals surface area contributed by atoms with E-state index in [0.717, 1.165) is 12.1 Å². The van der Waals surface area contributed by atoms with Gasteiger partial charge in [0.15, 0.2) is 5.78 Å². The molecular formula is C15H12F3NO4S. The summed E-state index contributed by atoms with van der Waals surface area (Å²) in [5.74, 6) is -0.929. The van der Waals surface area contributed by atoms with Gasteiger partial charge < -0.3 is 5.11 Å². The normalized spacial score (nSPS) is 13.3. The third-order valence-electron chi connectivity index (χ3n) is 3.11. The maximum absolute atomic E-state index is 12.5. The summed E-state index contributed by atoms with van der Waals surface area (Å²) in [4.78, 5) is 12.3. The largest absolute Gasteiger partial charge is 0.516 e. The van der Waals surface area contributed by atoms with Gasteiger partial charge in [0.1, 0.15) is 6.10 Å². The van der Waals surface area contributed by atoms with Gasteiger partial charge in [0.2, 0.25) is 0 Å². The first-order chi connectivity index (χ1) is 11.1. The zero-order chi connectivity index (χ0) is 18.0. The molecule has 0 spiro atoms. The summed E-state index contributed by atoms with van der Waals surface area (Å²) in [6.45, 7) is 0. The fourth-order valence-corrected chi connectivity index (χ4v) is 2.51. The van der Waals surface area contributed by atoms with Crippen LogP contribution in [0, 0.1) is 0 Å². The van der Waals surface area contributed by atoms with Gasteiger partial charge >= 0.3 is 15.5 Å². The number of aliphatic hydroxyl groups excluding tert-OH is 1. The molecule has 0 radical (unpaired) electrons. The van der Waals surface area contributed by atoms with Gasteiger partial charge in [0.05, 0.1) is 5.69 Å². The van der Waals surface area contributed by atoms with E-state index in [1.54, 1.807) is 18.2 Å². The van der Waals surface area contributed by atoms with E-state index < -0.39 is 33.1 Å². The van der Waals surface area contributed by atoms with Crippen molar-refractivity contribution in [3.63, 3.8) is 0 Å². The Morgan fingerprint density at radius 3 is 2.12 bits per heavy atom. The summed E-state index contributed by atoms with van der Waals surface area (Å²) in [5.41, 5.74) is -6.23. The number of para-hydroxylation sites is 1. The number of alkyl halides is 3. The molecule has 128 valence electrons. The van der Waals surface area contributed by atoms with Crippen molar-refractivity contribution < 1.29 is 31.5 Å². The quantitative estimate of drug-likeness (QED) is 0.804. The molecule has 2 aromatic rings. The minimum absolute atomic E-state index is 0.232. The fourth-order valence-electron chi connectivity index (χ4n) is 1.92. The lowest BCUT2D eigenvalue weighted by Crippen LogP contribution is -2.30. The molecule has 0 saturated carbocycles. The van der Waals surface area contributed by atoms with Crippen LogP contribution in [0.4, 0.5) is 18.9 Å². The molecule has 1 unspecified atom stereocenters. The molecule has 0 aromatic heterocycles. The Hall–Kier alpha value is -2.39. The maximum atomic E-state index is 12.5. The highest BCUT2D eigenvalue weighted by molar-refractivity contribution is 7.93. The molecule has 0 amide bonds. The van der Waals surface area contributed by atoms with Crippen molar-refractivity contribution in [2.24, 2.45) is 0 Å². The van der Waals surface area contributed by atoms with Crippen LogP contribution in [-0.4, -0.2) is 24.8 Å². The van der Waals surface area contributed by atoms with Crippen LogP contribution < -0.4 is 4.72 Å². The summed E-state index contributed by atoms with van der Waals surface area (Å²) in [6.07, 6.45) is -1.64. The van der Waals surface area contributed by atoms with Crippen LogP contribution in [0.25, 0.3) is 0 Å². The molecule has 5 nitrogen and oxygen atoms in total. The number of sulfonamides is 1. The number of hydrogen-bond acceptors (Lipinski definition) is 4. The lowest BCUT2D eigenvalue weighted by Gasteiger charge is -2.15. The molecule has 2 rings (SSSR count). The van der Waals surface area contributed by atoms with Crippen LogP contribution in [0.3, 0.4) is 0 Å². The zero-order valence-electron chi connectivity index (χ0n) is 12.0. The number of hydrogen-bond donors (Lipinski definition) is 2. The Balaban J connectivity index is 2.37.